The molecule has 0 N–H and O–H groups in total. The van der Waals surface area contributed by atoms with Crippen LogP contribution in [0.4, 0.5) is 5.82 Å². The first-order valence-corrected chi connectivity index (χ1v) is 9.14. The van der Waals surface area contributed by atoms with Crippen LogP contribution in [0.5, 0.6) is 0 Å². The zero-order valence-corrected chi connectivity index (χ0v) is 15.2. The van der Waals surface area contributed by atoms with Crippen LogP contribution in [-0.4, -0.2) is 65.0 Å². The van der Waals surface area contributed by atoms with E-state index in [2.05, 4.69) is 15.0 Å². The van der Waals surface area contributed by atoms with Crippen LogP contribution in [0.15, 0.2) is 36.7 Å². The van der Waals surface area contributed by atoms with Gasteiger partial charge in [-0.15, -0.1) is 0 Å². The number of carbonyl (C=O) groups is 1. The third-order valence-corrected chi connectivity index (χ3v) is 5.31. The lowest BCUT2D eigenvalue weighted by atomic mass is 9.87. The van der Waals surface area contributed by atoms with Crippen LogP contribution < -0.4 is 4.90 Å². The third kappa shape index (κ3) is 3.58. The number of amides is 1. The number of aryl methyl sites for hydroxylation is 1. The molecule has 7 heteroatoms. The van der Waals surface area contributed by atoms with Crippen molar-refractivity contribution < 1.29 is 9.53 Å². The summed E-state index contributed by atoms with van der Waals surface area (Å²) in [7, 11) is 1.87. The summed E-state index contributed by atoms with van der Waals surface area (Å²) >= 11 is 0. The largest absolute Gasteiger partial charge is 0.379 e. The van der Waals surface area contributed by atoms with E-state index < -0.39 is 0 Å². The standard InChI is InChI=1S/C19H25N5O2/c1-22-8-5-16(21-22)12-18(25)24-10-11-26-15-19(14-24)6-9-23(13-19)17-4-2-3-7-20-17/h2-5,7-8H,6,9-15H2,1H3/t19-/m0/s1. The van der Waals surface area contributed by atoms with Crippen molar-refractivity contribution >= 4 is 11.7 Å². The lowest BCUT2D eigenvalue weighted by Gasteiger charge is -2.32. The molecule has 1 spiro atoms. The Morgan fingerprint density at radius 2 is 2.19 bits per heavy atom. The first kappa shape index (κ1) is 17.0. The fraction of sp³-hybridized carbons (Fsp3) is 0.526. The van der Waals surface area contributed by atoms with Crippen LogP contribution in [0.2, 0.25) is 0 Å². The highest BCUT2D eigenvalue weighted by molar-refractivity contribution is 5.78. The monoisotopic (exact) mass is 355 g/mol. The van der Waals surface area contributed by atoms with E-state index in [9.17, 15) is 4.79 Å². The van der Waals surface area contributed by atoms with Crippen LogP contribution in [0.3, 0.4) is 0 Å². The van der Waals surface area contributed by atoms with Gasteiger partial charge in [0.05, 0.1) is 25.3 Å². The lowest BCUT2D eigenvalue weighted by Crippen LogP contribution is -2.44. The van der Waals surface area contributed by atoms with E-state index in [0.717, 1.165) is 37.6 Å². The number of ether oxygens (including phenoxy) is 1. The van der Waals surface area contributed by atoms with Crippen molar-refractivity contribution in [2.45, 2.75) is 12.8 Å². The molecule has 1 atom stereocenters. The van der Waals surface area contributed by atoms with Gasteiger partial charge in [-0.25, -0.2) is 4.98 Å². The summed E-state index contributed by atoms with van der Waals surface area (Å²) < 4.78 is 7.62. The molecule has 1 amide bonds. The second-order valence-corrected chi connectivity index (χ2v) is 7.38. The number of rotatable bonds is 3. The Balaban J connectivity index is 1.45. The van der Waals surface area contributed by atoms with E-state index in [1.807, 2.05) is 48.6 Å². The summed E-state index contributed by atoms with van der Waals surface area (Å²) in [6.07, 6.45) is 5.06. The van der Waals surface area contributed by atoms with Crippen molar-refractivity contribution in [1.29, 1.82) is 0 Å². The number of hydrogen-bond acceptors (Lipinski definition) is 5. The van der Waals surface area contributed by atoms with Gasteiger partial charge in [0.15, 0.2) is 0 Å². The predicted molar refractivity (Wildman–Crippen MR) is 97.8 cm³/mol. The molecule has 0 saturated carbocycles. The highest BCUT2D eigenvalue weighted by Crippen LogP contribution is 2.35. The molecule has 2 aromatic heterocycles. The van der Waals surface area contributed by atoms with E-state index in [-0.39, 0.29) is 11.3 Å². The molecule has 2 aromatic rings. The highest BCUT2D eigenvalue weighted by atomic mass is 16.5. The van der Waals surface area contributed by atoms with Gasteiger partial charge in [0.1, 0.15) is 5.82 Å². The molecule has 2 fully saturated rings. The Labute approximate surface area is 153 Å². The number of carbonyl (C=O) groups excluding carboxylic acids is 1. The Hall–Kier alpha value is -2.41. The maximum atomic E-state index is 12.8. The topological polar surface area (TPSA) is 63.5 Å². The molecule has 26 heavy (non-hydrogen) atoms. The second kappa shape index (κ2) is 7.07. The Morgan fingerprint density at radius 3 is 2.96 bits per heavy atom. The summed E-state index contributed by atoms with van der Waals surface area (Å²) in [6.45, 7) is 4.50. The number of nitrogens with zero attached hydrogens (tertiary/aromatic N) is 5. The van der Waals surface area contributed by atoms with E-state index in [4.69, 9.17) is 4.74 Å². The van der Waals surface area contributed by atoms with Crippen LogP contribution in [0.25, 0.3) is 0 Å². The van der Waals surface area contributed by atoms with Gasteiger partial charge in [-0.3, -0.25) is 9.48 Å². The molecule has 2 aliphatic heterocycles. The summed E-state index contributed by atoms with van der Waals surface area (Å²) in [5, 5.41) is 4.33. The summed E-state index contributed by atoms with van der Waals surface area (Å²) in [4.78, 5) is 21.5. The molecular weight excluding hydrogens is 330 g/mol. The smallest absolute Gasteiger partial charge is 0.228 e. The molecule has 138 valence electrons. The van der Waals surface area contributed by atoms with Gasteiger partial charge in [-0.1, -0.05) is 6.07 Å². The molecule has 2 aliphatic rings. The molecule has 4 heterocycles. The van der Waals surface area contributed by atoms with Crippen molar-refractivity contribution in [2.24, 2.45) is 12.5 Å². The SMILES string of the molecule is Cn1ccc(CC(=O)N2CCOC[C@]3(CCN(c4ccccn4)C3)C2)n1. The number of hydrogen-bond donors (Lipinski definition) is 0. The van der Waals surface area contributed by atoms with Gasteiger partial charge in [-0.2, -0.15) is 5.10 Å². The molecule has 0 bridgehead atoms. The van der Waals surface area contributed by atoms with Crippen LogP contribution >= 0.6 is 0 Å². The van der Waals surface area contributed by atoms with Crippen molar-refractivity contribution in [1.82, 2.24) is 19.7 Å². The molecule has 0 unspecified atom stereocenters. The summed E-state index contributed by atoms with van der Waals surface area (Å²) in [5.41, 5.74) is 0.798. The number of anilines is 1. The average Bonchev–Trinajstić information content (AvgIpc) is 3.18. The first-order valence-electron chi connectivity index (χ1n) is 9.14. The Kier molecular flexibility index (Phi) is 4.63. The lowest BCUT2D eigenvalue weighted by molar-refractivity contribution is -0.131. The minimum absolute atomic E-state index is 0.0200. The Morgan fingerprint density at radius 1 is 1.27 bits per heavy atom. The van der Waals surface area contributed by atoms with E-state index in [0.29, 0.717) is 26.2 Å². The van der Waals surface area contributed by atoms with Gasteiger partial charge in [-0.05, 0) is 24.6 Å². The van der Waals surface area contributed by atoms with Gasteiger partial charge in [0, 0.05) is 51.0 Å². The molecule has 2 saturated heterocycles. The van der Waals surface area contributed by atoms with Crippen molar-refractivity contribution in [2.75, 3.05) is 44.3 Å². The second-order valence-electron chi connectivity index (χ2n) is 7.38. The maximum absolute atomic E-state index is 12.8. The normalized spacial score (nSPS) is 23.4. The average molecular weight is 355 g/mol. The molecule has 0 aromatic carbocycles. The molecule has 0 radical (unpaired) electrons. The number of aromatic nitrogens is 3. The van der Waals surface area contributed by atoms with E-state index in [1.54, 1.807) is 4.68 Å². The fourth-order valence-corrected chi connectivity index (χ4v) is 3.95. The minimum Gasteiger partial charge on any atom is -0.379 e. The van der Waals surface area contributed by atoms with Crippen LogP contribution in [0, 0.1) is 5.41 Å². The highest BCUT2D eigenvalue weighted by Gasteiger charge is 2.42. The van der Waals surface area contributed by atoms with E-state index in [1.165, 1.54) is 0 Å². The van der Waals surface area contributed by atoms with Gasteiger partial charge >= 0.3 is 0 Å². The minimum atomic E-state index is -0.0200. The maximum Gasteiger partial charge on any atom is 0.228 e. The van der Waals surface area contributed by atoms with Crippen LogP contribution in [0.1, 0.15) is 12.1 Å². The van der Waals surface area contributed by atoms with Gasteiger partial charge < -0.3 is 14.5 Å². The van der Waals surface area contributed by atoms with E-state index >= 15 is 0 Å². The van der Waals surface area contributed by atoms with Gasteiger partial charge in [0.2, 0.25) is 5.91 Å². The van der Waals surface area contributed by atoms with Crippen molar-refractivity contribution in [3.8, 4) is 0 Å². The molecule has 0 aliphatic carbocycles. The zero-order chi connectivity index (χ0) is 18.0. The van der Waals surface area contributed by atoms with Crippen molar-refractivity contribution in [3.05, 3.63) is 42.4 Å². The third-order valence-electron chi connectivity index (χ3n) is 5.31. The van der Waals surface area contributed by atoms with Gasteiger partial charge in [0.25, 0.3) is 0 Å². The molecular formula is C19H25N5O2. The van der Waals surface area contributed by atoms with Crippen molar-refractivity contribution in [3.63, 3.8) is 0 Å². The fourth-order valence-electron chi connectivity index (χ4n) is 3.95. The quantitative estimate of drug-likeness (QED) is 0.825. The summed E-state index contributed by atoms with van der Waals surface area (Å²) in [6, 6.07) is 7.89. The predicted octanol–water partition coefficient (Wildman–Crippen LogP) is 1.11. The number of pyridine rings is 1. The molecule has 7 nitrogen and oxygen atoms in total. The zero-order valence-electron chi connectivity index (χ0n) is 15.2. The Bertz CT molecular complexity index is 762. The first-order chi connectivity index (χ1) is 12.6. The summed E-state index contributed by atoms with van der Waals surface area (Å²) in [5.74, 6) is 1.13. The van der Waals surface area contributed by atoms with Crippen LogP contribution in [-0.2, 0) is 23.0 Å². The molecule has 4 rings (SSSR count).